The molecule has 1 N–H and O–H groups in total. The van der Waals surface area contributed by atoms with Crippen LogP contribution in [0.5, 0.6) is 0 Å². The maximum absolute atomic E-state index is 4.39. The Morgan fingerprint density at radius 1 is 1.47 bits per heavy atom. The van der Waals surface area contributed by atoms with Crippen molar-refractivity contribution in [3.05, 3.63) is 23.9 Å². The SMILES string of the molecule is CCC1(c2nnc3cc(C)ncn23)CCNC1. The molecule has 0 saturated carbocycles. The summed E-state index contributed by atoms with van der Waals surface area (Å²) in [6, 6.07) is 1.97. The van der Waals surface area contributed by atoms with Gasteiger partial charge in [0.25, 0.3) is 0 Å². The van der Waals surface area contributed by atoms with Gasteiger partial charge in [0.15, 0.2) is 5.65 Å². The molecule has 0 radical (unpaired) electrons. The van der Waals surface area contributed by atoms with Crippen LogP contribution >= 0.6 is 0 Å². The Morgan fingerprint density at radius 3 is 3.06 bits per heavy atom. The van der Waals surface area contributed by atoms with Crippen molar-refractivity contribution in [3.8, 4) is 0 Å². The van der Waals surface area contributed by atoms with Crippen molar-refractivity contribution < 1.29 is 0 Å². The summed E-state index contributed by atoms with van der Waals surface area (Å²) in [4.78, 5) is 4.34. The molecule has 1 aliphatic rings. The average Bonchev–Trinajstić information content (AvgIpc) is 2.94. The molecule has 3 heterocycles. The minimum atomic E-state index is 0.121. The van der Waals surface area contributed by atoms with E-state index in [1.54, 1.807) is 0 Å². The van der Waals surface area contributed by atoms with E-state index in [-0.39, 0.29) is 5.41 Å². The third-order valence-corrected chi connectivity index (χ3v) is 3.83. The standard InChI is InChI=1S/C12H17N5/c1-3-12(4-5-13-7-12)11-16-15-10-6-9(2)14-8-17(10)11/h6,8,13H,3-5,7H2,1-2H3. The van der Waals surface area contributed by atoms with Crippen LogP contribution in [0.2, 0.25) is 0 Å². The number of nitrogens with zero attached hydrogens (tertiary/aromatic N) is 4. The summed E-state index contributed by atoms with van der Waals surface area (Å²) in [7, 11) is 0. The molecule has 1 atom stereocenters. The number of aromatic nitrogens is 4. The monoisotopic (exact) mass is 231 g/mol. The Morgan fingerprint density at radius 2 is 2.35 bits per heavy atom. The minimum Gasteiger partial charge on any atom is -0.316 e. The molecule has 0 aromatic carbocycles. The Bertz CT molecular complexity index is 539. The van der Waals surface area contributed by atoms with Gasteiger partial charge in [-0.3, -0.25) is 4.40 Å². The highest BCUT2D eigenvalue weighted by molar-refractivity contribution is 5.39. The van der Waals surface area contributed by atoms with Crippen LogP contribution in [-0.4, -0.2) is 32.7 Å². The third-order valence-electron chi connectivity index (χ3n) is 3.83. The molecule has 1 fully saturated rings. The zero-order chi connectivity index (χ0) is 11.9. The summed E-state index contributed by atoms with van der Waals surface area (Å²) in [5.41, 5.74) is 2.00. The van der Waals surface area contributed by atoms with E-state index in [1.807, 2.05) is 23.7 Å². The van der Waals surface area contributed by atoms with Gasteiger partial charge in [-0.2, -0.15) is 0 Å². The van der Waals surface area contributed by atoms with Crippen molar-refractivity contribution in [1.82, 2.24) is 24.9 Å². The molecule has 1 saturated heterocycles. The molecule has 0 spiro atoms. The summed E-state index contributed by atoms with van der Waals surface area (Å²) in [5, 5.41) is 12.1. The van der Waals surface area contributed by atoms with Crippen LogP contribution in [0.3, 0.4) is 0 Å². The summed E-state index contributed by atoms with van der Waals surface area (Å²) in [5.74, 6) is 1.05. The van der Waals surface area contributed by atoms with Gasteiger partial charge < -0.3 is 5.32 Å². The first-order valence-corrected chi connectivity index (χ1v) is 6.14. The van der Waals surface area contributed by atoms with Gasteiger partial charge in [-0.1, -0.05) is 6.92 Å². The summed E-state index contributed by atoms with van der Waals surface area (Å²) >= 11 is 0. The van der Waals surface area contributed by atoms with Gasteiger partial charge in [0.05, 0.1) is 0 Å². The molecule has 17 heavy (non-hydrogen) atoms. The number of fused-ring (bicyclic) bond motifs is 1. The van der Waals surface area contributed by atoms with Crippen LogP contribution in [0.4, 0.5) is 0 Å². The lowest BCUT2D eigenvalue weighted by molar-refractivity contribution is 0.421. The van der Waals surface area contributed by atoms with Gasteiger partial charge in [0.2, 0.25) is 0 Å². The van der Waals surface area contributed by atoms with E-state index in [2.05, 4.69) is 27.4 Å². The second kappa shape index (κ2) is 3.77. The highest BCUT2D eigenvalue weighted by Gasteiger charge is 2.38. The van der Waals surface area contributed by atoms with Crippen molar-refractivity contribution in [2.45, 2.75) is 32.1 Å². The van der Waals surface area contributed by atoms with Crippen LogP contribution in [0, 0.1) is 6.92 Å². The molecule has 5 nitrogen and oxygen atoms in total. The zero-order valence-corrected chi connectivity index (χ0v) is 10.3. The van der Waals surface area contributed by atoms with E-state index < -0.39 is 0 Å². The quantitative estimate of drug-likeness (QED) is 0.840. The largest absolute Gasteiger partial charge is 0.316 e. The number of aryl methyl sites for hydroxylation is 1. The molecule has 0 aliphatic carbocycles. The van der Waals surface area contributed by atoms with Crippen LogP contribution in [0.15, 0.2) is 12.4 Å². The van der Waals surface area contributed by atoms with E-state index in [0.717, 1.165) is 43.1 Å². The molecular weight excluding hydrogens is 214 g/mol. The summed E-state index contributed by atoms with van der Waals surface area (Å²) in [6.07, 6.45) is 4.04. The fourth-order valence-electron chi connectivity index (χ4n) is 2.64. The Hall–Kier alpha value is -1.49. The minimum absolute atomic E-state index is 0.121. The number of hydrogen-bond acceptors (Lipinski definition) is 4. The molecule has 3 rings (SSSR count). The number of hydrogen-bond donors (Lipinski definition) is 1. The maximum Gasteiger partial charge on any atom is 0.163 e. The van der Waals surface area contributed by atoms with E-state index >= 15 is 0 Å². The normalized spacial score (nSPS) is 24.6. The molecule has 90 valence electrons. The lowest BCUT2D eigenvalue weighted by atomic mass is 9.83. The second-order valence-corrected chi connectivity index (χ2v) is 4.84. The highest BCUT2D eigenvalue weighted by atomic mass is 15.3. The van der Waals surface area contributed by atoms with Crippen molar-refractivity contribution in [2.75, 3.05) is 13.1 Å². The number of rotatable bonds is 2. The van der Waals surface area contributed by atoms with E-state index in [1.165, 1.54) is 0 Å². The second-order valence-electron chi connectivity index (χ2n) is 4.84. The Labute approximate surface area is 100 Å². The highest BCUT2D eigenvalue weighted by Crippen LogP contribution is 2.32. The van der Waals surface area contributed by atoms with Gasteiger partial charge in [0, 0.05) is 23.7 Å². The van der Waals surface area contributed by atoms with Gasteiger partial charge in [0.1, 0.15) is 12.2 Å². The maximum atomic E-state index is 4.39. The summed E-state index contributed by atoms with van der Waals surface area (Å²) in [6.45, 7) is 6.23. The predicted molar refractivity (Wildman–Crippen MR) is 65.0 cm³/mol. The average molecular weight is 231 g/mol. The lowest BCUT2D eigenvalue weighted by Gasteiger charge is -2.24. The molecule has 1 unspecified atom stereocenters. The fraction of sp³-hybridized carbons (Fsp3) is 0.583. The van der Waals surface area contributed by atoms with Gasteiger partial charge in [-0.25, -0.2) is 4.98 Å². The third kappa shape index (κ3) is 1.53. The molecular formula is C12H17N5. The van der Waals surface area contributed by atoms with E-state index in [0.29, 0.717) is 0 Å². The molecule has 1 aliphatic heterocycles. The molecule has 0 bridgehead atoms. The van der Waals surface area contributed by atoms with Crippen molar-refractivity contribution in [3.63, 3.8) is 0 Å². The first-order chi connectivity index (χ1) is 8.25. The fourth-order valence-corrected chi connectivity index (χ4v) is 2.64. The van der Waals surface area contributed by atoms with Crippen molar-refractivity contribution in [1.29, 1.82) is 0 Å². The van der Waals surface area contributed by atoms with Gasteiger partial charge >= 0.3 is 0 Å². The first-order valence-electron chi connectivity index (χ1n) is 6.14. The van der Waals surface area contributed by atoms with Crippen LogP contribution in [-0.2, 0) is 5.41 Å². The predicted octanol–water partition coefficient (Wildman–Crippen LogP) is 1.07. The Kier molecular flexibility index (Phi) is 2.36. The van der Waals surface area contributed by atoms with E-state index in [4.69, 9.17) is 0 Å². The topological polar surface area (TPSA) is 55.1 Å². The Balaban J connectivity index is 2.17. The van der Waals surface area contributed by atoms with Crippen LogP contribution < -0.4 is 5.32 Å². The van der Waals surface area contributed by atoms with Crippen LogP contribution in [0.25, 0.3) is 5.65 Å². The molecule has 5 heteroatoms. The van der Waals surface area contributed by atoms with E-state index in [9.17, 15) is 0 Å². The zero-order valence-electron chi connectivity index (χ0n) is 10.3. The van der Waals surface area contributed by atoms with Gasteiger partial charge in [-0.05, 0) is 26.3 Å². The number of nitrogens with one attached hydrogen (secondary N) is 1. The molecule has 0 amide bonds. The smallest absolute Gasteiger partial charge is 0.163 e. The molecule has 2 aromatic heterocycles. The van der Waals surface area contributed by atoms with Crippen molar-refractivity contribution in [2.24, 2.45) is 0 Å². The van der Waals surface area contributed by atoms with Crippen LogP contribution in [0.1, 0.15) is 31.3 Å². The van der Waals surface area contributed by atoms with Crippen molar-refractivity contribution >= 4 is 5.65 Å². The summed E-state index contributed by atoms with van der Waals surface area (Å²) < 4.78 is 2.03. The first kappa shape index (κ1) is 10.7. The van der Waals surface area contributed by atoms with Gasteiger partial charge in [-0.15, -0.1) is 10.2 Å². The molecule has 2 aromatic rings. The lowest BCUT2D eigenvalue weighted by Crippen LogP contribution is -2.30.